The fourth-order valence-corrected chi connectivity index (χ4v) is 1.68. The summed E-state index contributed by atoms with van der Waals surface area (Å²) in [6, 6.07) is 11.2. The molecular weight excluding hydrogens is 264 g/mol. The van der Waals surface area contributed by atoms with Gasteiger partial charge in [0, 0.05) is 23.6 Å². The Morgan fingerprint density at radius 3 is 2.71 bits per heavy atom. The van der Waals surface area contributed by atoms with E-state index in [4.69, 9.17) is 0 Å². The molecular formula is C16H18N4O. The van der Waals surface area contributed by atoms with Gasteiger partial charge in [-0.1, -0.05) is 23.8 Å². The normalized spacial score (nSPS) is 12.1. The second kappa shape index (κ2) is 7.19. The Morgan fingerprint density at radius 2 is 2.05 bits per heavy atom. The largest absolute Gasteiger partial charge is 0.374 e. The second-order valence-corrected chi connectivity index (χ2v) is 4.75. The van der Waals surface area contributed by atoms with E-state index in [9.17, 15) is 4.79 Å². The predicted molar refractivity (Wildman–Crippen MR) is 84.2 cm³/mol. The van der Waals surface area contributed by atoms with E-state index in [0.717, 1.165) is 11.3 Å². The number of anilines is 1. The minimum Gasteiger partial charge on any atom is -0.374 e. The van der Waals surface area contributed by atoms with Crippen LogP contribution in [-0.2, 0) is 4.79 Å². The van der Waals surface area contributed by atoms with Crippen molar-refractivity contribution < 1.29 is 4.79 Å². The molecule has 0 aliphatic rings. The third-order valence-corrected chi connectivity index (χ3v) is 2.90. The van der Waals surface area contributed by atoms with E-state index in [0.29, 0.717) is 0 Å². The fourth-order valence-electron chi connectivity index (χ4n) is 1.68. The van der Waals surface area contributed by atoms with Crippen LogP contribution < -0.4 is 10.7 Å². The Hall–Kier alpha value is -2.69. The quantitative estimate of drug-likeness (QED) is 0.653. The van der Waals surface area contributed by atoms with Gasteiger partial charge in [0.15, 0.2) is 0 Å². The Kier molecular flexibility index (Phi) is 5.04. The predicted octanol–water partition coefficient (Wildman–Crippen LogP) is 2.34. The van der Waals surface area contributed by atoms with Crippen molar-refractivity contribution in [1.82, 2.24) is 10.4 Å². The Morgan fingerprint density at radius 1 is 1.29 bits per heavy atom. The third kappa shape index (κ3) is 4.72. The summed E-state index contributed by atoms with van der Waals surface area (Å²) in [5.74, 6) is -0.198. The van der Waals surface area contributed by atoms with Gasteiger partial charge in [0.05, 0.1) is 6.21 Å². The van der Waals surface area contributed by atoms with Gasteiger partial charge in [-0.2, -0.15) is 5.10 Å². The number of aromatic nitrogens is 1. The summed E-state index contributed by atoms with van der Waals surface area (Å²) in [6.45, 7) is 3.81. The van der Waals surface area contributed by atoms with Crippen LogP contribution in [0.15, 0.2) is 53.9 Å². The van der Waals surface area contributed by atoms with Crippen molar-refractivity contribution in [2.24, 2.45) is 5.10 Å². The molecule has 2 N–H and O–H groups in total. The Balaban J connectivity index is 1.85. The van der Waals surface area contributed by atoms with Gasteiger partial charge in [0.2, 0.25) is 0 Å². The maximum Gasteiger partial charge on any atom is 0.262 e. The third-order valence-electron chi connectivity index (χ3n) is 2.90. The standard InChI is InChI=1S/C16H18N4O/c1-12-5-7-15(8-6-12)19-13(2)16(21)20-18-11-14-4-3-9-17-10-14/h3-11,13,19H,1-2H3,(H,20,21)/b18-11-/t13-/m1/s1. The van der Waals surface area contributed by atoms with Crippen LogP contribution in [0, 0.1) is 6.92 Å². The lowest BCUT2D eigenvalue weighted by molar-refractivity contribution is -0.121. The highest BCUT2D eigenvalue weighted by Crippen LogP contribution is 2.09. The summed E-state index contributed by atoms with van der Waals surface area (Å²) in [5.41, 5.74) is 5.41. The summed E-state index contributed by atoms with van der Waals surface area (Å²) < 4.78 is 0. The number of rotatable bonds is 5. The van der Waals surface area contributed by atoms with Gasteiger partial charge >= 0.3 is 0 Å². The maximum atomic E-state index is 11.9. The minimum atomic E-state index is -0.376. The van der Waals surface area contributed by atoms with Crippen molar-refractivity contribution in [1.29, 1.82) is 0 Å². The van der Waals surface area contributed by atoms with E-state index >= 15 is 0 Å². The molecule has 1 aromatic heterocycles. The molecule has 0 fully saturated rings. The van der Waals surface area contributed by atoms with Crippen molar-refractivity contribution in [3.8, 4) is 0 Å². The van der Waals surface area contributed by atoms with Crippen LogP contribution in [0.4, 0.5) is 5.69 Å². The summed E-state index contributed by atoms with van der Waals surface area (Å²) in [6.07, 6.45) is 4.91. The highest BCUT2D eigenvalue weighted by atomic mass is 16.2. The molecule has 2 aromatic rings. The molecule has 1 amide bonds. The van der Waals surface area contributed by atoms with Gasteiger partial charge in [-0.05, 0) is 32.0 Å². The zero-order valence-electron chi connectivity index (χ0n) is 12.1. The maximum absolute atomic E-state index is 11.9. The Bertz CT molecular complexity index is 608. The van der Waals surface area contributed by atoms with Gasteiger partial charge in [0.1, 0.15) is 6.04 Å². The van der Waals surface area contributed by atoms with Crippen LogP contribution in [0.5, 0.6) is 0 Å². The van der Waals surface area contributed by atoms with E-state index in [1.807, 2.05) is 43.3 Å². The SMILES string of the molecule is Cc1ccc(N[C@H](C)C(=O)N/N=C\c2cccnc2)cc1. The smallest absolute Gasteiger partial charge is 0.262 e. The number of hydrogen-bond acceptors (Lipinski definition) is 4. The number of hydrazone groups is 1. The monoisotopic (exact) mass is 282 g/mol. The van der Waals surface area contributed by atoms with E-state index in [2.05, 4.69) is 20.8 Å². The van der Waals surface area contributed by atoms with Crippen molar-refractivity contribution in [3.05, 3.63) is 59.9 Å². The summed E-state index contributed by atoms with van der Waals surface area (Å²) in [5, 5.41) is 7.03. The molecule has 0 aliphatic heterocycles. The number of carbonyl (C=O) groups excluding carboxylic acids is 1. The zero-order chi connectivity index (χ0) is 15.1. The molecule has 1 aromatic carbocycles. The van der Waals surface area contributed by atoms with Crippen molar-refractivity contribution in [2.45, 2.75) is 19.9 Å². The first kappa shape index (κ1) is 14.7. The van der Waals surface area contributed by atoms with E-state index in [1.54, 1.807) is 25.5 Å². The number of carbonyl (C=O) groups is 1. The number of pyridine rings is 1. The molecule has 0 saturated carbocycles. The lowest BCUT2D eigenvalue weighted by Gasteiger charge is -2.13. The van der Waals surface area contributed by atoms with E-state index in [1.165, 1.54) is 5.56 Å². The van der Waals surface area contributed by atoms with Gasteiger partial charge < -0.3 is 5.32 Å². The summed E-state index contributed by atoms with van der Waals surface area (Å²) in [4.78, 5) is 15.9. The fraction of sp³-hybridized carbons (Fsp3) is 0.188. The van der Waals surface area contributed by atoms with Crippen LogP contribution in [0.2, 0.25) is 0 Å². The van der Waals surface area contributed by atoms with Crippen LogP contribution in [0.3, 0.4) is 0 Å². The molecule has 0 aliphatic carbocycles. The van der Waals surface area contributed by atoms with Gasteiger partial charge in [-0.15, -0.1) is 0 Å². The molecule has 21 heavy (non-hydrogen) atoms. The minimum absolute atomic E-state index is 0.198. The molecule has 0 unspecified atom stereocenters. The zero-order valence-corrected chi connectivity index (χ0v) is 12.1. The molecule has 1 atom stereocenters. The van der Waals surface area contributed by atoms with Crippen molar-refractivity contribution >= 4 is 17.8 Å². The number of hydrogen-bond donors (Lipinski definition) is 2. The lowest BCUT2D eigenvalue weighted by Crippen LogP contribution is -2.34. The molecule has 2 rings (SSSR count). The number of nitrogens with one attached hydrogen (secondary N) is 2. The number of benzene rings is 1. The van der Waals surface area contributed by atoms with E-state index < -0.39 is 0 Å². The average Bonchev–Trinajstić information content (AvgIpc) is 2.50. The summed E-state index contributed by atoms with van der Waals surface area (Å²) >= 11 is 0. The number of nitrogens with zero attached hydrogens (tertiary/aromatic N) is 2. The molecule has 108 valence electrons. The van der Waals surface area contributed by atoms with Crippen LogP contribution in [-0.4, -0.2) is 23.1 Å². The first-order valence-corrected chi connectivity index (χ1v) is 6.71. The first-order valence-electron chi connectivity index (χ1n) is 6.71. The molecule has 0 bridgehead atoms. The topological polar surface area (TPSA) is 66.4 Å². The van der Waals surface area contributed by atoms with Crippen LogP contribution >= 0.6 is 0 Å². The molecule has 5 heteroatoms. The van der Waals surface area contributed by atoms with E-state index in [-0.39, 0.29) is 11.9 Å². The number of amides is 1. The van der Waals surface area contributed by atoms with Crippen LogP contribution in [0.1, 0.15) is 18.1 Å². The second-order valence-electron chi connectivity index (χ2n) is 4.75. The first-order chi connectivity index (χ1) is 10.1. The summed E-state index contributed by atoms with van der Waals surface area (Å²) in [7, 11) is 0. The van der Waals surface area contributed by atoms with Crippen molar-refractivity contribution in [2.75, 3.05) is 5.32 Å². The van der Waals surface area contributed by atoms with Gasteiger partial charge in [0.25, 0.3) is 5.91 Å². The molecule has 0 saturated heterocycles. The van der Waals surface area contributed by atoms with Crippen LogP contribution in [0.25, 0.3) is 0 Å². The number of aryl methyl sites for hydroxylation is 1. The van der Waals surface area contributed by atoms with Crippen molar-refractivity contribution in [3.63, 3.8) is 0 Å². The molecule has 0 radical (unpaired) electrons. The molecule has 1 heterocycles. The molecule has 0 spiro atoms. The van der Waals surface area contributed by atoms with Gasteiger partial charge in [-0.3, -0.25) is 9.78 Å². The average molecular weight is 282 g/mol. The molecule has 5 nitrogen and oxygen atoms in total. The van der Waals surface area contributed by atoms with Gasteiger partial charge in [-0.25, -0.2) is 5.43 Å². The highest BCUT2D eigenvalue weighted by molar-refractivity contribution is 5.86. The Labute approximate surface area is 124 Å². The lowest BCUT2D eigenvalue weighted by atomic mass is 10.2. The highest BCUT2D eigenvalue weighted by Gasteiger charge is 2.11.